The molecule has 2 rings (SSSR count). The molecule has 1 aliphatic heterocycles. The molecular weight excluding hydrogens is 279 g/mol. The summed E-state index contributed by atoms with van der Waals surface area (Å²) in [6, 6.07) is 9.92. The van der Waals surface area contributed by atoms with Gasteiger partial charge in [-0.05, 0) is 19.4 Å². The van der Waals surface area contributed by atoms with E-state index >= 15 is 0 Å². The van der Waals surface area contributed by atoms with E-state index in [0.717, 1.165) is 5.56 Å². The molecule has 5 nitrogen and oxygen atoms in total. The van der Waals surface area contributed by atoms with Gasteiger partial charge >= 0.3 is 8.60 Å². The molecule has 0 spiro atoms. The quantitative estimate of drug-likeness (QED) is 0.723. The summed E-state index contributed by atoms with van der Waals surface area (Å²) in [5.41, 5.74) is 1.09. The SMILES string of the molecule is COP(OCc1ccccc1)OCC1COC(C)(C)O1. The lowest BCUT2D eigenvalue weighted by Gasteiger charge is -2.19. The molecule has 0 amide bonds. The molecule has 1 aliphatic rings. The van der Waals surface area contributed by atoms with Gasteiger partial charge in [-0.1, -0.05) is 30.3 Å². The van der Waals surface area contributed by atoms with E-state index in [1.165, 1.54) is 0 Å². The van der Waals surface area contributed by atoms with E-state index in [0.29, 0.717) is 19.8 Å². The summed E-state index contributed by atoms with van der Waals surface area (Å²) in [7, 11) is 0.211. The lowest BCUT2D eigenvalue weighted by molar-refractivity contribution is -0.141. The minimum atomic E-state index is -1.36. The zero-order valence-corrected chi connectivity index (χ0v) is 13.0. The second-order valence-electron chi connectivity index (χ2n) is 4.91. The Hall–Kier alpha value is -0.550. The molecule has 1 heterocycles. The van der Waals surface area contributed by atoms with Crippen LogP contribution in [0.1, 0.15) is 19.4 Å². The van der Waals surface area contributed by atoms with Gasteiger partial charge in [0.05, 0.1) is 19.8 Å². The molecule has 0 saturated carbocycles. The first kappa shape index (κ1) is 15.8. The van der Waals surface area contributed by atoms with E-state index < -0.39 is 14.4 Å². The monoisotopic (exact) mass is 300 g/mol. The maximum Gasteiger partial charge on any atom is 0.332 e. The fourth-order valence-electron chi connectivity index (χ4n) is 1.83. The number of benzene rings is 1. The zero-order chi connectivity index (χ0) is 14.4. The lowest BCUT2D eigenvalue weighted by Crippen LogP contribution is -2.23. The number of hydrogen-bond acceptors (Lipinski definition) is 5. The molecule has 0 radical (unpaired) electrons. The highest BCUT2D eigenvalue weighted by Crippen LogP contribution is 2.40. The standard InChI is InChI=1S/C14H21O5P/c1-14(2)16-10-13(19-14)11-18-20(15-3)17-9-12-7-5-4-6-8-12/h4-8,13H,9-11H2,1-3H3. The van der Waals surface area contributed by atoms with Crippen molar-refractivity contribution < 1.29 is 23.0 Å². The molecule has 2 unspecified atom stereocenters. The highest BCUT2D eigenvalue weighted by Gasteiger charge is 2.33. The van der Waals surface area contributed by atoms with Crippen molar-refractivity contribution in [2.45, 2.75) is 32.3 Å². The molecule has 1 aromatic carbocycles. The summed E-state index contributed by atoms with van der Waals surface area (Å²) in [4.78, 5) is 0. The molecule has 0 aliphatic carbocycles. The van der Waals surface area contributed by atoms with E-state index in [9.17, 15) is 0 Å². The smallest absolute Gasteiger partial charge is 0.332 e. The van der Waals surface area contributed by atoms with Crippen molar-refractivity contribution in [2.24, 2.45) is 0 Å². The number of hydrogen-bond donors (Lipinski definition) is 0. The maximum atomic E-state index is 5.66. The van der Waals surface area contributed by atoms with Gasteiger partial charge in [-0.25, -0.2) is 0 Å². The average Bonchev–Trinajstić information content (AvgIpc) is 2.80. The van der Waals surface area contributed by atoms with Crippen LogP contribution in [0.25, 0.3) is 0 Å². The molecule has 0 aromatic heterocycles. The van der Waals surface area contributed by atoms with Crippen LogP contribution in [0.2, 0.25) is 0 Å². The van der Waals surface area contributed by atoms with Crippen LogP contribution in [0, 0.1) is 0 Å². The van der Waals surface area contributed by atoms with Crippen LogP contribution in [-0.4, -0.2) is 32.2 Å². The van der Waals surface area contributed by atoms with Crippen molar-refractivity contribution >= 4 is 8.60 Å². The van der Waals surface area contributed by atoms with E-state index in [4.69, 9.17) is 23.0 Å². The van der Waals surface area contributed by atoms with E-state index in [-0.39, 0.29) is 6.10 Å². The Balaban J connectivity index is 1.70. The van der Waals surface area contributed by atoms with Gasteiger partial charge in [-0.2, -0.15) is 0 Å². The first-order valence-corrected chi connectivity index (χ1v) is 7.64. The van der Waals surface area contributed by atoms with E-state index in [1.807, 2.05) is 44.2 Å². The van der Waals surface area contributed by atoms with Crippen molar-refractivity contribution in [3.05, 3.63) is 35.9 Å². The van der Waals surface area contributed by atoms with Crippen LogP contribution in [0.5, 0.6) is 0 Å². The number of rotatable bonds is 7. The van der Waals surface area contributed by atoms with Crippen LogP contribution in [0.4, 0.5) is 0 Å². The summed E-state index contributed by atoms with van der Waals surface area (Å²) in [5.74, 6) is -0.533. The molecule has 0 bridgehead atoms. The van der Waals surface area contributed by atoms with Gasteiger partial charge in [0.25, 0.3) is 0 Å². The third-order valence-corrected chi connectivity index (χ3v) is 3.76. The molecule has 2 atom stereocenters. The minimum Gasteiger partial charge on any atom is -0.348 e. The minimum absolute atomic E-state index is 0.0783. The molecule has 0 N–H and O–H groups in total. The Morgan fingerprint density at radius 3 is 2.60 bits per heavy atom. The first-order chi connectivity index (χ1) is 9.59. The topological polar surface area (TPSA) is 46.2 Å². The highest BCUT2D eigenvalue weighted by atomic mass is 31.2. The third kappa shape index (κ3) is 5.09. The van der Waals surface area contributed by atoms with Crippen LogP contribution >= 0.6 is 8.60 Å². The van der Waals surface area contributed by atoms with Crippen molar-refractivity contribution in [1.82, 2.24) is 0 Å². The van der Waals surface area contributed by atoms with Crippen molar-refractivity contribution in [3.8, 4) is 0 Å². The van der Waals surface area contributed by atoms with Crippen molar-refractivity contribution in [3.63, 3.8) is 0 Å². The largest absolute Gasteiger partial charge is 0.348 e. The molecule has 20 heavy (non-hydrogen) atoms. The lowest BCUT2D eigenvalue weighted by atomic mass is 10.2. The summed E-state index contributed by atoms with van der Waals surface area (Å²) >= 11 is 0. The Labute approximate surface area is 121 Å². The normalized spacial score (nSPS) is 22.9. The van der Waals surface area contributed by atoms with Gasteiger partial charge in [0.1, 0.15) is 6.10 Å². The summed E-state index contributed by atoms with van der Waals surface area (Å²) in [6.45, 7) is 5.17. The fraction of sp³-hybridized carbons (Fsp3) is 0.571. The molecule has 1 saturated heterocycles. The number of ether oxygens (including phenoxy) is 2. The second-order valence-corrected chi connectivity index (χ2v) is 6.24. The molecule has 112 valence electrons. The fourth-order valence-corrected chi connectivity index (χ4v) is 2.66. The molecular formula is C14H21O5P. The van der Waals surface area contributed by atoms with Crippen LogP contribution in [0.3, 0.4) is 0 Å². The molecule has 6 heteroatoms. The van der Waals surface area contributed by atoms with E-state index in [2.05, 4.69) is 0 Å². The Morgan fingerprint density at radius 2 is 2.00 bits per heavy atom. The Kier molecular flexibility index (Phi) is 5.90. The van der Waals surface area contributed by atoms with Gasteiger partial charge in [0.2, 0.25) is 0 Å². The van der Waals surface area contributed by atoms with Crippen LogP contribution < -0.4 is 0 Å². The van der Waals surface area contributed by atoms with Crippen LogP contribution in [0.15, 0.2) is 30.3 Å². The van der Waals surface area contributed by atoms with Crippen molar-refractivity contribution in [2.75, 3.05) is 20.3 Å². The van der Waals surface area contributed by atoms with Crippen LogP contribution in [-0.2, 0) is 29.7 Å². The molecule has 1 fully saturated rings. The van der Waals surface area contributed by atoms with Gasteiger partial charge in [-0.15, -0.1) is 0 Å². The molecule has 1 aromatic rings. The van der Waals surface area contributed by atoms with Gasteiger partial charge in [-0.3, -0.25) is 0 Å². The summed E-state index contributed by atoms with van der Waals surface area (Å²) in [5, 5.41) is 0. The second kappa shape index (κ2) is 7.46. The average molecular weight is 300 g/mol. The predicted molar refractivity (Wildman–Crippen MR) is 76.0 cm³/mol. The first-order valence-electron chi connectivity index (χ1n) is 6.55. The highest BCUT2D eigenvalue weighted by molar-refractivity contribution is 7.41. The van der Waals surface area contributed by atoms with Gasteiger partial charge < -0.3 is 23.0 Å². The third-order valence-electron chi connectivity index (χ3n) is 2.76. The van der Waals surface area contributed by atoms with E-state index in [1.54, 1.807) is 7.11 Å². The summed E-state index contributed by atoms with van der Waals surface area (Å²) in [6.07, 6.45) is -0.0783. The Bertz CT molecular complexity index is 398. The predicted octanol–water partition coefficient (Wildman–Crippen LogP) is 3.24. The maximum absolute atomic E-state index is 5.66. The Morgan fingerprint density at radius 1 is 1.25 bits per heavy atom. The summed E-state index contributed by atoms with van der Waals surface area (Å²) < 4.78 is 27.6. The van der Waals surface area contributed by atoms with Gasteiger partial charge in [0, 0.05) is 7.11 Å². The van der Waals surface area contributed by atoms with Gasteiger partial charge in [0.15, 0.2) is 5.79 Å². The zero-order valence-electron chi connectivity index (χ0n) is 12.1. The van der Waals surface area contributed by atoms with Crippen molar-refractivity contribution in [1.29, 1.82) is 0 Å².